The van der Waals surface area contributed by atoms with Crippen LogP contribution < -0.4 is 5.32 Å². The normalized spacial score (nSPS) is 12.9. The Morgan fingerprint density at radius 1 is 1.37 bits per heavy atom. The van der Waals surface area contributed by atoms with Crippen LogP contribution >= 0.6 is 0 Å². The average molecular weight is 267 g/mol. The highest BCUT2D eigenvalue weighted by atomic mass is 19.1. The number of aryl methyl sites for hydroxylation is 1. The third-order valence-electron chi connectivity index (χ3n) is 2.74. The van der Waals surface area contributed by atoms with E-state index in [0.29, 0.717) is 12.3 Å². The van der Waals surface area contributed by atoms with Crippen molar-refractivity contribution < 1.29 is 13.9 Å². The molecule has 1 N–H and O–H groups in total. The van der Waals surface area contributed by atoms with Gasteiger partial charge in [0.15, 0.2) is 0 Å². The fourth-order valence-electron chi connectivity index (χ4n) is 1.84. The molecule has 0 aliphatic carbocycles. The highest BCUT2D eigenvalue weighted by Gasteiger charge is 2.32. The minimum absolute atomic E-state index is 0.320. The molecule has 0 amide bonds. The molecule has 0 aliphatic rings. The summed E-state index contributed by atoms with van der Waals surface area (Å²) in [7, 11) is 0. The van der Waals surface area contributed by atoms with Gasteiger partial charge < -0.3 is 10.1 Å². The first-order valence-corrected chi connectivity index (χ1v) is 6.44. The molecule has 0 radical (unpaired) electrons. The number of hydrogen-bond donors (Lipinski definition) is 1. The summed E-state index contributed by atoms with van der Waals surface area (Å²) in [4.78, 5) is 12.0. The average Bonchev–Trinajstić information content (AvgIpc) is 2.23. The quantitative estimate of drug-likeness (QED) is 0.848. The summed E-state index contributed by atoms with van der Waals surface area (Å²) in [6.07, 6.45) is 0. The maximum atomic E-state index is 13.4. The lowest BCUT2D eigenvalue weighted by Crippen LogP contribution is -2.42. The lowest BCUT2D eigenvalue weighted by molar-refractivity contribution is -0.146. The molecule has 1 atom stereocenters. The predicted molar refractivity (Wildman–Crippen MR) is 74.6 cm³/mol. The molecule has 0 aliphatic heterocycles. The Bertz CT molecular complexity index is 432. The Kier molecular flexibility index (Phi) is 4.92. The first kappa shape index (κ1) is 15.5. The number of rotatable bonds is 4. The number of hydrogen-bond acceptors (Lipinski definition) is 3. The Hall–Kier alpha value is -1.58. The molecule has 0 aromatic heterocycles. The minimum Gasteiger partial charge on any atom is -0.464 e. The number of carbonyl (C=O) groups excluding carboxylic acids is 1. The summed E-state index contributed by atoms with van der Waals surface area (Å²) in [5.74, 6) is -0.643. The standard InChI is InChI=1S/C15H22FNO2/c1-6-19-14(18)13(15(3,4)5)17-12-8-10(2)7-11(16)9-12/h7-9,13,17H,6H2,1-5H3. The van der Waals surface area contributed by atoms with Crippen molar-refractivity contribution >= 4 is 11.7 Å². The van der Waals surface area contributed by atoms with Gasteiger partial charge in [-0.15, -0.1) is 0 Å². The molecule has 1 rings (SSSR count). The van der Waals surface area contributed by atoms with E-state index in [2.05, 4.69) is 5.32 Å². The largest absolute Gasteiger partial charge is 0.464 e. The van der Waals surface area contributed by atoms with Gasteiger partial charge in [0, 0.05) is 5.69 Å². The Morgan fingerprint density at radius 3 is 2.47 bits per heavy atom. The Balaban J connectivity index is 2.97. The van der Waals surface area contributed by atoms with Gasteiger partial charge in [0.1, 0.15) is 11.9 Å². The van der Waals surface area contributed by atoms with Gasteiger partial charge in [-0.25, -0.2) is 9.18 Å². The minimum atomic E-state index is -0.520. The van der Waals surface area contributed by atoms with E-state index in [1.165, 1.54) is 12.1 Å². The van der Waals surface area contributed by atoms with Crippen molar-refractivity contribution in [2.24, 2.45) is 5.41 Å². The van der Waals surface area contributed by atoms with Gasteiger partial charge in [-0.3, -0.25) is 0 Å². The number of carbonyl (C=O) groups is 1. The second-order valence-electron chi connectivity index (χ2n) is 5.71. The van der Waals surface area contributed by atoms with Crippen LogP contribution in [0.4, 0.5) is 10.1 Å². The molecular formula is C15H22FNO2. The molecule has 0 fully saturated rings. The molecule has 0 spiro atoms. The summed E-state index contributed by atoms with van der Waals surface area (Å²) < 4.78 is 18.4. The number of esters is 1. The first-order chi connectivity index (χ1) is 8.74. The van der Waals surface area contributed by atoms with Crippen molar-refractivity contribution in [3.8, 4) is 0 Å². The third-order valence-corrected chi connectivity index (χ3v) is 2.74. The van der Waals surface area contributed by atoms with Crippen LogP contribution in [0.2, 0.25) is 0 Å². The Labute approximate surface area is 114 Å². The molecule has 1 unspecified atom stereocenters. The summed E-state index contributed by atoms with van der Waals surface area (Å²) in [5.41, 5.74) is 1.07. The fourth-order valence-corrected chi connectivity index (χ4v) is 1.84. The van der Waals surface area contributed by atoms with Crippen LogP contribution in [-0.4, -0.2) is 18.6 Å². The second-order valence-corrected chi connectivity index (χ2v) is 5.71. The molecule has 0 saturated heterocycles. The van der Waals surface area contributed by atoms with Crippen molar-refractivity contribution in [2.75, 3.05) is 11.9 Å². The molecule has 0 heterocycles. The summed E-state index contributed by atoms with van der Waals surface area (Å²) in [6, 6.07) is 4.11. The van der Waals surface area contributed by atoms with E-state index in [0.717, 1.165) is 5.56 Å². The number of benzene rings is 1. The number of anilines is 1. The van der Waals surface area contributed by atoms with E-state index in [9.17, 15) is 9.18 Å². The van der Waals surface area contributed by atoms with E-state index in [4.69, 9.17) is 4.74 Å². The second kappa shape index (κ2) is 6.04. The zero-order valence-corrected chi connectivity index (χ0v) is 12.2. The molecular weight excluding hydrogens is 245 g/mol. The van der Waals surface area contributed by atoms with E-state index < -0.39 is 6.04 Å². The van der Waals surface area contributed by atoms with E-state index in [-0.39, 0.29) is 17.2 Å². The van der Waals surface area contributed by atoms with Crippen molar-refractivity contribution in [2.45, 2.75) is 40.7 Å². The molecule has 106 valence electrons. The van der Waals surface area contributed by atoms with Crippen LogP contribution in [-0.2, 0) is 9.53 Å². The third kappa shape index (κ3) is 4.54. The van der Waals surface area contributed by atoms with Crippen LogP contribution in [0.25, 0.3) is 0 Å². The first-order valence-electron chi connectivity index (χ1n) is 6.44. The molecule has 0 bridgehead atoms. The highest BCUT2D eigenvalue weighted by Crippen LogP contribution is 2.25. The monoisotopic (exact) mass is 267 g/mol. The number of ether oxygens (including phenoxy) is 1. The molecule has 1 aromatic carbocycles. The van der Waals surface area contributed by atoms with Gasteiger partial charge in [0.2, 0.25) is 0 Å². The molecule has 1 aromatic rings. The number of halogens is 1. The molecule has 0 saturated carbocycles. The van der Waals surface area contributed by atoms with Crippen molar-refractivity contribution in [1.82, 2.24) is 0 Å². The number of nitrogens with one attached hydrogen (secondary N) is 1. The van der Waals surface area contributed by atoms with Crippen LogP contribution in [0.1, 0.15) is 33.3 Å². The van der Waals surface area contributed by atoms with Crippen LogP contribution in [0.15, 0.2) is 18.2 Å². The topological polar surface area (TPSA) is 38.3 Å². The van der Waals surface area contributed by atoms with Gasteiger partial charge in [-0.2, -0.15) is 0 Å². The zero-order chi connectivity index (χ0) is 14.6. The van der Waals surface area contributed by atoms with Gasteiger partial charge in [0.05, 0.1) is 6.61 Å². The lowest BCUT2D eigenvalue weighted by Gasteiger charge is -2.30. The summed E-state index contributed by atoms with van der Waals surface area (Å²) >= 11 is 0. The molecule has 19 heavy (non-hydrogen) atoms. The van der Waals surface area contributed by atoms with E-state index >= 15 is 0 Å². The maximum absolute atomic E-state index is 13.4. The Morgan fingerprint density at radius 2 is 2.00 bits per heavy atom. The van der Waals surface area contributed by atoms with Gasteiger partial charge in [-0.1, -0.05) is 20.8 Å². The van der Waals surface area contributed by atoms with Gasteiger partial charge in [-0.05, 0) is 43.0 Å². The van der Waals surface area contributed by atoms with Crippen molar-refractivity contribution in [3.05, 3.63) is 29.6 Å². The maximum Gasteiger partial charge on any atom is 0.329 e. The van der Waals surface area contributed by atoms with E-state index in [1.807, 2.05) is 27.7 Å². The van der Waals surface area contributed by atoms with Crippen LogP contribution in [0.5, 0.6) is 0 Å². The molecule has 4 heteroatoms. The smallest absolute Gasteiger partial charge is 0.329 e. The SMILES string of the molecule is CCOC(=O)C(Nc1cc(C)cc(F)c1)C(C)(C)C. The molecule has 3 nitrogen and oxygen atoms in total. The fraction of sp³-hybridized carbons (Fsp3) is 0.533. The van der Waals surface area contributed by atoms with Crippen LogP contribution in [0.3, 0.4) is 0 Å². The predicted octanol–water partition coefficient (Wildman–Crippen LogP) is 3.52. The lowest BCUT2D eigenvalue weighted by atomic mass is 9.86. The highest BCUT2D eigenvalue weighted by molar-refractivity contribution is 5.80. The zero-order valence-electron chi connectivity index (χ0n) is 12.2. The van der Waals surface area contributed by atoms with Gasteiger partial charge in [0.25, 0.3) is 0 Å². The van der Waals surface area contributed by atoms with Crippen molar-refractivity contribution in [3.63, 3.8) is 0 Å². The van der Waals surface area contributed by atoms with E-state index in [1.54, 1.807) is 13.0 Å². The summed E-state index contributed by atoms with van der Waals surface area (Å²) in [5, 5.41) is 3.07. The summed E-state index contributed by atoms with van der Waals surface area (Å²) in [6.45, 7) is 9.72. The van der Waals surface area contributed by atoms with Gasteiger partial charge >= 0.3 is 5.97 Å². The van der Waals surface area contributed by atoms with Crippen molar-refractivity contribution in [1.29, 1.82) is 0 Å². The van der Waals surface area contributed by atoms with Crippen LogP contribution in [0, 0.1) is 18.2 Å².